The van der Waals surface area contributed by atoms with Gasteiger partial charge in [0, 0.05) is 0 Å². The Bertz CT molecular complexity index is 367. The molecule has 23 heavy (non-hydrogen) atoms. The molecule has 0 aliphatic heterocycles. The fourth-order valence-electron chi connectivity index (χ4n) is 4.70. The van der Waals surface area contributed by atoms with Gasteiger partial charge in [0.25, 0.3) is 0 Å². The Morgan fingerprint density at radius 2 is 1.57 bits per heavy atom. The average Bonchev–Trinajstić information content (AvgIpc) is 2.47. The summed E-state index contributed by atoms with van der Waals surface area (Å²) in [6, 6.07) is 0. The van der Waals surface area contributed by atoms with E-state index in [9.17, 15) is 0 Å². The normalized spacial score (nSPS) is 32.1. The predicted octanol–water partition coefficient (Wildman–Crippen LogP) is 6.22. The lowest BCUT2D eigenvalue weighted by Crippen LogP contribution is -2.46. The van der Waals surface area contributed by atoms with Crippen LogP contribution in [0.1, 0.15) is 73.6 Å². The zero-order valence-electron chi connectivity index (χ0n) is 16.2. The van der Waals surface area contributed by atoms with Crippen molar-refractivity contribution in [2.45, 2.75) is 83.6 Å². The molecule has 2 fully saturated rings. The van der Waals surface area contributed by atoms with E-state index in [4.69, 9.17) is 0 Å². The molecule has 2 rings (SSSR count). The van der Waals surface area contributed by atoms with Crippen LogP contribution in [0.5, 0.6) is 0 Å². The van der Waals surface area contributed by atoms with Gasteiger partial charge in [0.1, 0.15) is 0 Å². The minimum absolute atomic E-state index is 0. The van der Waals surface area contributed by atoms with E-state index in [1.54, 1.807) is 5.57 Å². The molecule has 1 nitrogen and oxygen atoms in total. The van der Waals surface area contributed by atoms with E-state index in [0.717, 1.165) is 23.0 Å². The van der Waals surface area contributed by atoms with Crippen LogP contribution in [-0.2, 0) is 0 Å². The summed E-state index contributed by atoms with van der Waals surface area (Å²) in [5.74, 6) is 2.77. The number of hydrogen-bond acceptors (Lipinski definition) is 1. The molecule has 0 aromatic carbocycles. The van der Waals surface area contributed by atoms with Gasteiger partial charge in [-0.25, -0.2) is 10.0 Å². The summed E-state index contributed by atoms with van der Waals surface area (Å²) in [4.78, 5) is 0. The molecule has 0 aromatic rings. The predicted molar refractivity (Wildman–Crippen MR) is 113 cm³/mol. The lowest BCUT2D eigenvalue weighted by molar-refractivity contribution is 0.143. The van der Waals surface area contributed by atoms with Gasteiger partial charge >= 0.3 is 0 Å². The highest BCUT2D eigenvalue weighted by atomic mass is 32.3. The van der Waals surface area contributed by atoms with Crippen LogP contribution in [0.2, 0.25) is 0 Å². The first kappa shape index (κ1) is 23.1. The third kappa shape index (κ3) is 4.57. The van der Waals surface area contributed by atoms with Gasteiger partial charge in [-0.05, 0) is 73.0 Å². The summed E-state index contributed by atoms with van der Waals surface area (Å²) < 4.78 is 0.457. The molecule has 0 saturated heterocycles. The second-order valence-corrected chi connectivity index (χ2v) is 13.2. The first-order valence-electron chi connectivity index (χ1n) is 9.17. The maximum absolute atomic E-state index is 4.52. The number of nitrogens with two attached hydrogens (primary N) is 1. The largest absolute Gasteiger partial charge is 0.333 e. The van der Waals surface area contributed by atoms with Gasteiger partial charge in [-0.15, -0.1) is 0 Å². The van der Waals surface area contributed by atoms with Crippen molar-refractivity contribution in [2.24, 2.45) is 23.5 Å². The van der Waals surface area contributed by atoms with Gasteiger partial charge in [0.05, 0.1) is 0 Å². The van der Waals surface area contributed by atoms with Gasteiger partial charge in [0.15, 0.2) is 0 Å². The topological polar surface area (TPSA) is 26.0 Å². The van der Waals surface area contributed by atoms with Gasteiger partial charge in [-0.1, -0.05) is 60.1 Å². The maximum Gasteiger partial charge on any atom is -0.00438 e. The molecule has 4 unspecified atom stereocenters. The van der Waals surface area contributed by atoms with Crippen LogP contribution >= 0.6 is 10.0 Å². The molecule has 2 saturated carbocycles. The van der Waals surface area contributed by atoms with Crippen molar-refractivity contribution in [2.75, 3.05) is 19.6 Å². The fourth-order valence-corrected chi connectivity index (χ4v) is 7.46. The molecule has 140 valence electrons. The molecule has 2 N–H and O–H groups in total. The highest BCUT2D eigenvalue weighted by molar-refractivity contribution is 8.34. The summed E-state index contributed by atoms with van der Waals surface area (Å²) in [6.45, 7) is 14.3. The van der Waals surface area contributed by atoms with Crippen molar-refractivity contribution in [3.05, 3.63) is 12.2 Å². The van der Waals surface area contributed by atoms with Gasteiger partial charge in [-0.2, -0.15) is 0 Å². The van der Waals surface area contributed by atoms with Gasteiger partial charge in [-0.3, -0.25) is 0 Å². The highest BCUT2D eigenvalue weighted by Crippen LogP contribution is 2.65. The maximum atomic E-state index is 4.52. The van der Waals surface area contributed by atoms with E-state index >= 15 is 0 Å². The second-order valence-electron chi connectivity index (χ2n) is 8.55. The molecule has 0 spiro atoms. The molecular formula is C21H45NS. The molecule has 4 atom stereocenters. The van der Waals surface area contributed by atoms with Crippen molar-refractivity contribution in [1.82, 2.24) is 0 Å². The van der Waals surface area contributed by atoms with Crippen LogP contribution in [0.3, 0.4) is 0 Å². The quantitative estimate of drug-likeness (QED) is 0.592. The highest BCUT2D eigenvalue weighted by Gasteiger charge is 2.48. The van der Waals surface area contributed by atoms with Crippen LogP contribution in [0.15, 0.2) is 12.2 Å². The lowest BCUT2D eigenvalue weighted by Gasteiger charge is -2.59. The van der Waals surface area contributed by atoms with E-state index in [1.165, 1.54) is 45.6 Å². The average molecular weight is 344 g/mol. The van der Waals surface area contributed by atoms with Crippen LogP contribution in [0.4, 0.5) is 0 Å². The molecular weight excluding hydrogens is 298 g/mol. The third-order valence-electron chi connectivity index (χ3n) is 6.63. The molecule has 2 aliphatic carbocycles. The van der Waals surface area contributed by atoms with Crippen molar-refractivity contribution in [3.63, 3.8) is 0 Å². The van der Waals surface area contributed by atoms with E-state index in [-0.39, 0.29) is 7.43 Å². The fraction of sp³-hybridized carbons (Fsp3) is 0.905. The Labute approximate surface area is 149 Å². The Morgan fingerprint density at radius 3 is 2.00 bits per heavy atom. The van der Waals surface area contributed by atoms with Crippen molar-refractivity contribution in [1.29, 1.82) is 0 Å². The van der Waals surface area contributed by atoms with Crippen LogP contribution < -0.4 is 5.73 Å². The Morgan fingerprint density at radius 1 is 1.09 bits per heavy atom. The molecule has 0 bridgehead atoms. The minimum atomic E-state index is -0.595. The number of allylic oxidation sites excluding steroid dienone is 1. The van der Waals surface area contributed by atoms with Crippen LogP contribution in [0.25, 0.3) is 0 Å². The molecule has 0 amide bonds. The van der Waals surface area contributed by atoms with Crippen molar-refractivity contribution < 1.29 is 0 Å². The Hall–Kier alpha value is 0.0500. The monoisotopic (exact) mass is 343 g/mol. The van der Waals surface area contributed by atoms with Gasteiger partial charge < -0.3 is 5.73 Å². The molecule has 2 heteroatoms. The van der Waals surface area contributed by atoms with Crippen molar-refractivity contribution in [3.8, 4) is 0 Å². The Balaban J connectivity index is 0.00000155. The zero-order valence-corrected chi connectivity index (χ0v) is 17.1. The molecule has 0 aromatic heterocycles. The molecule has 2 aliphatic rings. The zero-order chi connectivity index (χ0) is 17.1. The summed E-state index contributed by atoms with van der Waals surface area (Å²) in [6.07, 6.45) is 13.7. The number of fused-ring (bicyclic) bond motifs is 1. The van der Waals surface area contributed by atoms with Crippen molar-refractivity contribution >= 4 is 10.0 Å². The van der Waals surface area contributed by atoms with Crippen LogP contribution in [-0.4, -0.2) is 29.6 Å². The van der Waals surface area contributed by atoms with Gasteiger partial charge in [0.2, 0.25) is 0 Å². The SMILES string of the molecule is C.C=C1CC(S(C)(C)C(C)(C)C)C2CCCCC2C1CC.CN. The van der Waals surface area contributed by atoms with E-state index in [0.29, 0.717) is 4.75 Å². The summed E-state index contributed by atoms with van der Waals surface area (Å²) in [7, 11) is 0.905. The first-order chi connectivity index (χ1) is 10.2. The number of hydrogen-bond donors (Lipinski definition) is 1. The molecule has 0 heterocycles. The van der Waals surface area contributed by atoms with Crippen LogP contribution in [0, 0.1) is 17.8 Å². The summed E-state index contributed by atoms with van der Waals surface area (Å²) >= 11 is 0. The van der Waals surface area contributed by atoms with E-state index in [1.807, 2.05) is 0 Å². The Kier molecular flexibility index (Phi) is 8.96. The summed E-state index contributed by atoms with van der Waals surface area (Å²) in [5, 5.41) is 0.920. The number of rotatable bonds is 2. The minimum Gasteiger partial charge on any atom is -0.333 e. The first-order valence-corrected chi connectivity index (χ1v) is 11.7. The molecule has 0 radical (unpaired) electrons. The smallest absolute Gasteiger partial charge is 0.00438 e. The second kappa shape index (κ2) is 8.94. The summed E-state index contributed by atoms with van der Waals surface area (Å²) in [5.41, 5.74) is 6.09. The van der Waals surface area contributed by atoms with E-state index < -0.39 is 10.0 Å². The van der Waals surface area contributed by atoms with E-state index in [2.05, 4.69) is 52.5 Å². The standard InChI is InChI=1S/C19H36S.CH5N.CH4/c1-8-15-14(2)13-18(20(6,7)19(3,4)5)17-12-10-9-11-16(15)17;1-2;/h15-18H,2,8-13H2,1,3-7H3;2H2,1H3;1H4. The lowest BCUT2D eigenvalue weighted by atomic mass is 9.63. The third-order valence-corrected chi connectivity index (χ3v) is 11.8.